The van der Waals surface area contributed by atoms with Gasteiger partial charge in [-0.25, -0.2) is 0 Å². The molecule has 1 rings (SSSR count). The second-order valence-corrected chi connectivity index (χ2v) is 4.57. The summed E-state index contributed by atoms with van der Waals surface area (Å²) in [6.45, 7) is 8.00. The molecule has 98 valence electrons. The van der Waals surface area contributed by atoms with Crippen molar-refractivity contribution in [3.05, 3.63) is 42.0 Å². The first-order valence-corrected chi connectivity index (χ1v) is 6.74. The third-order valence-electron chi connectivity index (χ3n) is 3.02. The maximum absolute atomic E-state index is 12.1. The van der Waals surface area contributed by atoms with Gasteiger partial charge in [0.1, 0.15) is 0 Å². The van der Waals surface area contributed by atoms with Crippen molar-refractivity contribution in [1.29, 1.82) is 0 Å². The van der Waals surface area contributed by atoms with E-state index in [0.717, 1.165) is 36.8 Å². The fourth-order valence-corrected chi connectivity index (χ4v) is 2.02. The maximum atomic E-state index is 12.1. The number of hydrogen-bond acceptors (Lipinski definition) is 1. The van der Waals surface area contributed by atoms with Crippen LogP contribution in [-0.4, -0.2) is 11.9 Å². The van der Waals surface area contributed by atoms with Crippen molar-refractivity contribution < 1.29 is 4.79 Å². The van der Waals surface area contributed by atoms with Gasteiger partial charge in [0.05, 0.1) is 0 Å². The fraction of sp³-hybridized carbons (Fsp3) is 0.438. The first kappa shape index (κ1) is 14.5. The number of carbonyl (C=O) groups is 1. The lowest BCUT2D eigenvalue weighted by Gasteiger charge is -2.17. The first-order chi connectivity index (χ1) is 8.71. The molecular formula is C16H23NO. The summed E-state index contributed by atoms with van der Waals surface area (Å²) in [6.07, 6.45) is 6.06. The van der Waals surface area contributed by atoms with Crippen molar-refractivity contribution in [3.63, 3.8) is 0 Å². The predicted molar refractivity (Wildman–Crippen MR) is 77.6 cm³/mol. The van der Waals surface area contributed by atoms with Gasteiger partial charge in [-0.2, -0.15) is 0 Å². The lowest BCUT2D eigenvalue weighted by molar-refractivity contribution is 0.0932. The molecule has 0 fully saturated rings. The van der Waals surface area contributed by atoms with Crippen LogP contribution in [0.1, 0.15) is 55.5 Å². The van der Waals surface area contributed by atoms with Crippen molar-refractivity contribution in [1.82, 2.24) is 5.32 Å². The smallest absolute Gasteiger partial charge is 0.251 e. The van der Waals surface area contributed by atoms with E-state index < -0.39 is 0 Å². The Labute approximate surface area is 110 Å². The quantitative estimate of drug-likeness (QED) is 0.772. The molecular weight excluding hydrogens is 222 g/mol. The van der Waals surface area contributed by atoms with Gasteiger partial charge in [-0.15, -0.1) is 0 Å². The molecule has 0 saturated heterocycles. The minimum atomic E-state index is 0.0255. The van der Waals surface area contributed by atoms with E-state index in [2.05, 4.69) is 25.7 Å². The second-order valence-electron chi connectivity index (χ2n) is 4.57. The third-order valence-corrected chi connectivity index (χ3v) is 3.02. The molecule has 18 heavy (non-hydrogen) atoms. The summed E-state index contributed by atoms with van der Waals surface area (Å²) < 4.78 is 0. The van der Waals surface area contributed by atoms with Crippen LogP contribution in [0.3, 0.4) is 0 Å². The molecule has 0 heterocycles. The zero-order chi connectivity index (χ0) is 13.4. The van der Waals surface area contributed by atoms with Gasteiger partial charge in [0, 0.05) is 11.6 Å². The lowest BCUT2D eigenvalue weighted by atomic mass is 10.1. The molecule has 0 unspecified atom stereocenters. The van der Waals surface area contributed by atoms with Crippen molar-refractivity contribution >= 4 is 12.0 Å². The zero-order valence-electron chi connectivity index (χ0n) is 11.4. The second kappa shape index (κ2) is 7.70. The molecule has 0 spiro atoms. The topological polar surface area (TPSA) is 29.1 Å². The predicted octanol–water partition coefficient (Wildman–Crippen LogP) is 4.03. The number of carbonyl (C=O) groups excluding carboxylic acids is 1. The van der Waals surface area contributed by atoms with E-state index in [1.54, 1.807) is 6.08 Å². The SMILES string of the molecule is C=Cc1ccc(C(=O)NC(CCC)CCC)cc1. The van der Waals surface area contributed by atoms with E-state index >= 15 is 0 Å². The average Bonchev–Trinajstić information content (AvgIpc) is 2.39. The van der Waals surface area contributed by atoms with Gasteiger partial charge in [-0.1, -0.05) is 51.5 Å². The summed E-state index contributed by atoms with van der Waals surface area (Å²) in [5, 5.41) is 3.11. The molecule has 0 radical (unpaired) electrons. The minimum Gasteiger partial charge on any atom is -0.349 e. The van der Waals surface area contributed by atoms with E-state index in [9.17, 15) is 4.79 Å². The highest BCUT2D eigenvalue weighted by Gasteiger charge is 2.11. The van der Waals surface area contributed by atoms with Gasteiger partial charge < -0.3 is 5.32 Å². The van der Waals surface area contributed by atoms with Gasteiger partial charge in [0.25, 0.3) is 5.91 Å². The summed E-state index contributed by atoms with van der Waals surface area (Å²) in [4.78, 5) is 12.1. The van der Waals surface area contributed by atoms with E-state index in [1.165, 1.54) is 0 Å². The van der Waals surface area contributed by atoms with Crippen LogP contribution < -0.4 is 5.32 Å². The lowest BCUT2D eigenvalue weighted by Crippen LogP contribution is -2.34. The number of amides is 1. The number of rotatable bonds is 7. The summed E-state index contributed by atoms with van der Waals surface area (Å²) in [7, 11) is 0. The number of hydrogen-bond donors (Lipinski definition) is 1. The molecule has 1 N–H and O–H groups in total. The zero-order valence-corrected chi connectivity index (χ0v) is 11.4. The van der Waals surface area contributed by atoms with E-state index in [1.807, 2.05) is 24.3 Å². The maximum Gasteiger partial charge on any atom is 0.251 e. The Morgan fingerprint density at radius 3 is 2.22 bits per heavy atom. The van der Waals surface area contributed by atoms with Crippen LogP contribution >= 0.6 is 0 Å². The van der Waals surface area contributed by atoms with Crippen LogP contribution in [0.2, 0.25) is 0 Å². The van der Waals surface area contributed by atoms with Crippen LogP contribution in [0, 0.1) is 0 Å². The highest BCUT2D eigenvalue weighted by Crippen LogP contribution is 2.09. The van der Waals surface area contributed by atoms with E-state index in [0.29, 0.717) is 6.04 Å². The largest absolute Gasteiger partial charge is 0.349 e. The third kappa shape index (κ3) is 4.36. The average molecular weight is 245 g/mol. The van der Waals surface area contributed by atoms with Gasteiger partial charge >= 0.3 is 0 Å². The van der Waals surface area contributed by atoms with Crippen molar-refractivity contribution in [2.45, 2.75) is 45.6 Å². The molecule has 0 aromatic heterocycles. The van der Waals surface area contributed by atoms with Crippen LogP contribution in [-0.2, 0) is 0 Å². The Hall–Kier alpha value is -1.57. The Balaban J connectivity index is 2.64. The molecule has 0 atom stereocenters. The van der Waals surface area contributed by atoms with Gasteiger partial charge in [0.15, 0.2) is 0 Å². The van der Waals surface area contributed by atoms with Crippen molar-refractivity contribution in [3.8, 4) is 0 Å². The molecule has 1 amide bonds. The van der Waals surface area contributed by atoms with Gasteiger partial charge in [-0.3, -0.25) is 4.79 Å². The van der Waals surface area contributed by atoms with Crippen LogP contribution in [0.4, 0.5) is 0 Å². The molecule has 1 aromatic carbocycles. The Morgan fingerprint density at radius 1 is 1.22 bits per heavy atom. The standard InChI is InChI=1S/C16H23NO/c1-4-7-15(8-5-2)17-16(18)14-11-9-13(6-3)10-12-14/h6,9-12,15H,3-5,7-8H2,1-2H3,(H,17,18). The number of benzene rings is 1. The van der Waals surface area contributed by atoms with Gasteiger partial charge in [-0.05, 0) is 30.5 Å². The Morgan fingerprint density at radius 2 is 1.78 bits per heavy atom. The van der Waals surface area contributed by atoms with Crippen molar-refractivity contribution in [2.24, 2.45) is 0 Å². The Kier molecular flexibility index (Phi) is 6.20. The minimum absolute atomic E-state index is 0.0255. The van der Waals surface area contributed by atoms with E-state index in [-0.39, 0.29) is 5.91 Å². The summed E-state index contributed by atoms with van der Waals surface area (Å²) in [6, 6.07) is 7.82. The highest BCUT2D eigenvalue weighted by molar-refractivity contribution is 5.94. The van der Waals surface area contributed by atoms with Crippen LogP contribution in [0.25, 0.3) is 6.08 Å². The molecule has 2 nitrogen and oxygen atoms in total. The molecule has 1 aromatic rings. The molecule has 0 bridgehead atoms. The number of nitrogens with one attached hydrogen (secondary N) is 1. The summed E-state index contributed by atoms with van der Waals surface area (Å²) >= 11 is 0. The molecule has 0 aliphatic carbocycles. The molecule has 0 saturated carbocycles. The van der Waals surface area contributed by atoms with Crippen LogP contribution in [0.15, 0.2) is 30.8 Å². The van der Waals surface area contributed by atoms with Crippen molar-refractivity contribution in [2.75, 3.05) is 0 Å². The van der Waals surface area contributed by atoms with Gasteiger partial charge in [0.2, 0.25) is 0 Å². The molecule has 0 aliphatic rings. The monoisotopic (exact) mass is 245 g/mol. The molecule has 0 aliphatic heterocycles. The summed E-state index contributed by atoms with van der Waals surface area (Å²) in [5.41, 5.74) is 1.75. The normalized spacial score (nSPS) is 10.4. The van der Waals surface area contributed by atoms with Crippen LogP contribution in [0.5, 0.6) is 0 Å². The van der Waals surface area contributed by atoms with E-state index in [4.69, 9.17) is 0 Å². The Bertz CT molecular complexity index is 375. The summed E-state index contributed by atoms with van der Waals surface area (Å²) in [5.74, 6) is 0.0255. The highest BCUT2D eigenvalue weighted by atomic mass is 16.1. The molecule has 2 heteroatoms. The first-order valence-electron chi connectivity index (χ1n) is 6.74. The fourth-order valence-electron chi connectivity index (χ4n) is 2.02.